The first kappa shape index (κ1) is 28.1. The predicted molar refractivity (Wildman–Crippen MR) is 117 cm³/mol. The highest BCUT2D eigenvalue weighted by Crippen LogP contribution is 2.49. The third-order valence-electron chi connectivity index (χ3n) is 5.03. The molecule has 170 valence electrons. The van der Waals surface area contributed by atoms with Gasteiger partial charge < -0.3 is 0 Å². The van der Waals surface area contributed by atoms with Gasteiger partial charge in [-0.3, -0.25) is 9.05 Å². The van der Waals surface area contributed by atoms with Crippen LogP contribution in [0.3, 0.4) is 0 Å². The van der Waals surface area contributed by atoms with Crippen molar-refractivity contribution >= 4 is 7.82 Å². The smallest absolute Gasteiger partial charge is 0.289 e. The summed E-state index contributed by atoms with van der Waals surface area (Å²) < 4.78 is 27.1. The van der Waals surface area contributed by atoms with Gasteiger partial charge in [-0.1, -0.05) is 104 Å². The highest BCUT2D eigenvalue weighted by atomic mass is 31.2. The van der Waals surface area contributed by atoms with E-state index in [-0.39, 0.29) is 6.10 Å². The van der Waals surface area contributed by atoms with Crippen molar-refractivity contribution in [3.8, 4) is 0 Å². The molecule has 0 aromatic carbocycles. The molecular weight excluding hydrogens is 375 g/mol. The van der Waals surface area contributed by atoms with Crippen molar-refractivity contribution in [2.24, 2.45) is 0 Å². The third kappa shape index (κ3) is 17.0. The number of rotatable bonds is 22. The summed E-state index contributed by atoms with van der Waals surface area (Å²) in [7, 11) is -2.27. The Balaban J connectivity index is 3.58. The fourth-order valence-electron chi connectivity index (χ4n) is 3.13. The third-order valence-corrected chi connectivity index (χ3v) is 6.25. The monoisotopic (exact) mass is 422 g/mol. The molecule has 0 bridgehead atoms. The van der Waals surface area contributed by atoms with Crippen LogP contribution in [0.2, 0.25) is 0 Å². The largest absolute Gasteiger partial charge is 0.501 e. The maximum Gasteiger partial charge on any atom is 0.501 e. The van der Waals surface area contributed by atoms with Crippen molar-refractivity contribution < 1.29 is 23.2 Å². The summed E-state index contributed by atoms with van der Waals surface area (Å²) in [5, 5.41) is 0. The van der Waals surface area contributed by atoms with E-state index in [0.29, 0.717) is 6.61 Å². The first-order valence-electron chi connectivity index (χ1n) is 11.8. The van der Waals surface area contributed by atoms with Crippen molar-refractivity contribution in [2.75, 3.05) is 13.7 Å². The Morgan fingerprint density at radius 1 is 0.714 bits per heavy atom. The highest BCUT2D eigenvalue weighted by Gasteiger charge is 2.27. The molecule has 0 spiro atoms. The van der Waals surface area contributed by atoms with E-state index in [1.54, 1.807) is 0 Å². The van der Waals surface area contributed by atoms with Crippen LogP contribution in [0.4, 0.5) is 0 Å². The molecule has 0 aliphatic heterocycles. The summed E-state index contributed by atoms with van der Waals surface area (Å²) in [6, 6.07) is 0. The van der Waals surface area contributed by atoms with E-state index in [4.69, 9.17) is 18.6 Å². The average Bonchev–Trinajstić information content (AvgIpc) is 2.72. The second-order valence-electron chi connectivity index (χ2n) is 7.70. The molecule has 0 saturated carbocycles. The standard InChI is InChI=1S/C22H47O5P/c1-5-8-9-10-11-12-13-14-15-16-17-18-19-20-22(7-3)26-27-28(23,24-4)25-21-6-2/h22H,5-21H2,1-4H3. The van der Waals surface area contributed by atoms with Crippen molar-refractivity contribution in [2.45, 2.75) is 130 Å². The summed E-state index contributed by atoms with van der Waals surface area (Å²) in [4.78, 5) is 5.34. The van der Waals surface area contributed by atoms with Crippen LogP contribution in [-0.2, 0) is 23.2 Å². The topological polar surface area (TPSA) is 54.0 Å². The minimum atomic E-state index is -3.58. The van der Waals surface area contributed by atoms with Gasteiger partial charge >= 0.3 is 7.82 Å². The summed E-state index contributed by atoms with van der Waals surface area (Å²) >= 11 is 0. The minimum Gasteiger partial charge on any atom is -0.289 e. The Labute approximate surface area is 174 Å². The average molecular weight is 423 g/mol. The quantitative estimate of drug-likeness (QED) is 0.0759. The number of phosphoric ester groups is 1. The molecule has 0 aromatic rings. The van der Waals surface area contributed by atoms with Crippen LogP contribution in [-0.4, -0.2) is 19.8 Å². The Hall–Kier alpha value is 0.0700. The Bertz CT molecular complexity index is 365. The van der Waals surface area contributed by atoms with E-state index in [1.807, 2.05) is 13.8 Å². The van der Waals surface area contributed by atoms with Gasteiger partial charge in [0.25, 0.3) is 0 Å². The highest BCUT2D eigenvalue weighted by molar-refractivity contribution is 7.48. The van der Waals surface area contributed by atoms with Crippen LogP contribution >= 0.6 is 7.82 Å². The van der Waals surface area contributed by atoms with Crippen molar-refractivity contribution in [3.63, 3.8) is 0 Å². The fourth-order valence-corrected chi connectivity index (χ4v) is 3.97. The first-order valence-corrected chi connectivity index (χ1v) is 13.2. The van der Waals surface area contributed by atoms with Crippen LogP contribution in [0.1, 0.15) is 124 Å². The van der Waals surface area contributed by atoms with Gasteiger partial charge in [0.15, 0.2) is 0 Å². The van der Waals surface area contributed by atoms with Gasteiger partial charge in [0.2, 0.25) is 0 Å². The van der Waals surface area contributed by atoms with E-state index in [1.165, 1.54) is 84.2 Å². The molecule has 0 amide bonds. The Kier molecular flexibility index (Phi) is 20.4. The summed E-state index contributed by atoms with van der Waals surface area (Å²) in [5.41, 5.74) is 0. The maximum atomic E-state index is 12.2. The van der Waals surface area contributed by atoms with Gasteiger partial charge in [0.05, 0.1) is 12.7 Å². The van der Waals surface area contributed by atoms with Crippen molar-refractivity contribution in [3.05, 3.63) is 0 Å². The van der Waals surface area contributed by atoms with Crippen LogP contribution in [0, 0.1) is 0 Å². The van der Waals surface area contributed by atoms with Gasteiger partial charge in [-0.05, 0) is 19.3 Å². The molecule has 0 N–H and O–H groups in total. The molecule has 0 radical (unpaired) electrons. The predicted octanol–water partition coefficient (Wildman–Crippen LogP) is 8.38. The molecule has 0 heterocycles. The van der Waals surface area contributed by atoms with Gasteiger partial charge in [-0.25, -0.2) is 9.45 Å². The lowest BCUT2D eigenvalue weighted by atomic mass is 10.0. The maximum absolute atomic E-state index is 12.2. The molecule has 0 aliphatic rings. The van der Waals surface area contributed by atoms with Crippen LogP contribution in [0.15, 0.2) is 0 Å². The zero-order valence-electron chi connectivity index (χ0n) is 19.1. The molecule has 0 saturated heterocycles. The zero-order chi connectivity index (χ0) is 20.9. The second-order valence-corrected chi connectivity index (χ2v) is 9.36. The van der Waals surface area contributed by atoms with Gasteiger partial charge in [0.1, 0.15) is 0 Å². The van der Waals surface area contributed by atoms with Crippen LogP contribution in [0.25, 0.3) is 0 Å². The first-order chi connectivity index (χ1) is 13.6. The van der Waals surface area contributed by atoms with Gasteiger partial charge in [-0.15, -0.1) is 4.67 Å². The van der Waals surface area contributed by atoms with Gasteiger partial charge in [-0.2, -0.15) is 0 Å². The number of phosphoric acid groups is 1. The fraction of sp³-hybridized carbons (Fsp3) is 1.00. The number of hydrogen-bond acceptors (Lipinski definition) is 5. The molecule has 0 aliphatic carbocycles. The van der Waals surface area contributed by atoms with Crippen LogP contribution in [0.5, 0.6) is 0 Å². The van der Waals surface area contributed by atoms with E-state index >= 15 is 0 Å². The molecule has 0 fully saturated rings. The number of hydrogen-bond donors (Lipinski definition) is 0. The molecule has 5 nitrogen and oxygen atoms in total. The second kappa shape index (κ2) is 20.3. The van der Waals surface area contributed by atoms with Gasteiger partial charge in [0, 0.05) is 7.11 Å². The minimum absolute atomic E-state index is 0.0681. The van der Waals surface area contributed by atoms with E-state index in [0.717, 1.165) is 25.7 Å². The SMILES string of the molecule is CCCCCCCCCCCCCCCC(CC)OOP(=O)(OC)OCCC. The molecule has 6 heteroatoms. The lowest BCUT2D eigenvalue weighted by molar-refractivity contribution is -0.262. The summed E-state index contributed by atoms with van der Waals surface area (Å²) in [6.07, 6.45) is 19.9. The molecule has 0 aromatic heterocycles. The molecule has 28 heavy (non-hydrogen) atoms. The molecule has 2 atom stereocenters. The van der Waals surface area contributed by atoms with E-state index < -0.39 is 7.82 Å². The zero-order valence-corrected chi connectivity index (χ0v) is 20.0. The van der Waals surface area contributed by atoms with E-state index in [9.17, 15) is 4.57 Å². The van der Waals surface area contributed by atoms with Crippen molar-refractivity contribution in [1.29, 1.82) is 0 Å². The lowest BCUT2D eigenvalue weighted by Gasteiger charge is -2.19. The van der Waals surface area contributed by atoms with Crippen molar-refractivity contribution in [1.82, 2.24) is 0 Å². The van der Waals surface area contributed by atoms with Crippen LogP contribution < -0.4 is 0 Å². The normalized spacial score (nSPS) is 14.9. The van der Waals surface area contributed by atoms with E-state index in [2.05, 4.69) is 6.92 Å². The number of unbranched alkanes of at least 4 members (excludes halogenated alkanes) is 12. The Morgan fingerprint density at radius 2 is 1.21 bits per heavy atom. The molecule has 0 rings (SSSR count). The summed E-state index contributed by atoms with van der Waals surface area (Å²) in [6.45, 7) is 6.57. The lowest BCUT2D eigenvalue weighted by Crippen LogP contribution is -2.12. The summed E-state index contributed by atoms with van der Waals surface area (Å²) in [5.74, 6) is 0. The Morgan fingerprint density at radius 3 is 1.64 bits per heavy atom. The molecule has 2 unspecified atom stereocenters. The molecular formula is C22H47O5P.